The van der Waals surface area contributed by atoms with Gasteiger partial charge in [-0.1, -0.05) is 60.1 Å². The van der Waals surface area contributed by atoms with Gasteiger partial charge in [-0.15, -0.1) is 0 Å². The Morgan fingerprint density at radius 3 is 2.69 bits per heavy atom. The zero-order valence-electron chi connectivity index (χ0n) is 10.3. The molecule has 2 rings (SSSR count). The predicted octanol–water partition coefficient (Wildman–Crippen LogP) is 4.26. The Morgan fingerprint density at radius 2 is 2.00 bits per heavy atom. The van der Waals surface area contributed by atoms with Crippen molar-refractivity contribution in [3.63, 3.8) is 0 Å². The maximum Gasteiger partial charge on any atom is -0.00606 e. The molecule has 0 saturated carbocycles. The van der Waals surface area contributed by atoms with Crippen molar-refractivity contribution in [3.05, 3.63) is 65.1 Å². The van der Waals surface area contributed by atoms with E-state index >= 15 is 0 Å². The highest BCUT2D eigenvalue weighted by atomic mass is 14.1. The minimum Gasteiger partial charge on any atom is -0.0781 e. The maximum atomic E-state index is 2.36. The lowest BCUT2D eigenvalue weighted by Gasteiger charge is -2.17. The van der Waals surface area contributed by atoms with E-state index < -0.39 is 0 Å². The average Bonchev–Trinajstić information content (AvgIpc) is 2.15. The zero-order chi connectivity index (χ0) is 11.5. The second-order valence-electron chi connectivity index (χ2n) is 4.82. The molecule has 0 amide bonds. The van der Waals surface area contributed by atoms with E-state index in [-0.39, 0.29) is 0 Å². The van der Waals surface area contributed by atoms with E-state index in [0.29, 0.717) is 5.92 Å². The third-order valence-corrected chi connectivity index (χ3v) is 2.91. The summed E-state index contributed by atoms with van der Waals surface area (Å²) >= 11 is 0. The van der Waals surface area contributed by atoms with Crippen LogP contribution in [-0.4, -0.2) is 0 Å². The molecule has 16 heavy (non-hydrogen) atoms. The molecule has 83 valence electrons. The second kappa shape index (κ2) is 4.69. The molecule has 1 aliphatic carbocycles. The maximum absolute atomic E-state index is 2.36. The van der Waals surface area contributed by atoms with Crippen LogP contribution in [0.3, 0.4) is 0 Å². The largest absolute Gasteiger partial charge is 0.0781 e. The number of allylic oxidation sites excluding steroid dienone is 4. The molecule has 0 heterocycles. The molecule has 0 aromatic heterocycles. The van der Waals surface area contributed by atoms with Gasteiger partial charge in [0.2, 0.25) is 0 Å². The lowest BCUT2D eigenvalue weighted by Crippen LogP contribution is -2.03. The Balaban J connectivity index is 2.14. The van der Waals surface area contributed by atoms with Crippen LogP contribution in [0.2, 0.25) is 0 Å². The van der Waals surface area contributed by atoms with Gasteiger partial charge in [0.25, 0.3) is 0 Å². The molecule has 1 aromatic rings. The number of aryl methyl sites for hydroxylation is 1. The van der Waals surface area contributed by atoms with Crippen molar-refractivity contribution in [2.45, 2.75) is 27.2 Å². The standard InChI is InChI=1S/C16H19/c1-12-5-4-6-15(8-12)11-16-9-13(2)7-14(3)10-16/h4-10,13H,11H2,1-3H3. The molecule has 0 fully saturated rings. The first-order valence-corrected chi connectivity index (χ1v) is 5.93. The minimum absolute atomic E-state index is 0.574. The van der Waals surface area contributed by atoms with E-state index in [1.165, 1.54) is 22.3 Å². The molecule has 1 atom stereocenters. The van der Waals surface area contributed by atoms with Crippen molar-refractivity contribution in [1.29, 1.82) is 0 Å². The molecule has 0 aliphatic heterocycles. The highest BCUT2D eigenvalue weighted by Gasteiger charge is 2.10. The first-order valence-electron chi connectivity index (χ1n) is 5.93. The Morgan fingerprint density at radius 1 is 1.19 bits per heavy atom. The Hall–Kier alpha value is -1.30. The summed E-state index contributed by atoms with van der Waals surface area (Å²) in [4.78, 5) is 0. The first-order chi connectivity index (χ1) is 7.63. The number of hydrogen-bond acceptors (Lipinski definition) is 0. The third kappa shape index (κ3) is 2.85. The molecule has 1 aromatic carbocycles. The topological polar surface area (TPSA) is 0 Å². The van der Waals surface area contributed by atoms with Gasteiger partial charge in [-0.2, -0.15) is 0 Å². The fourth-order valence-corrected chi connectivity index (χ4v) is 2.36. The van der Waals surface area contributed by atoms with Gasteiger partial charge in [0.05, 0.1) is 0 Å². The summed E-state index contributed by atoms with van der Waals surface area (Å²) in [5.74, 6) is 0.574. The van der Waals surface area contributed by atoms with Crippen LogP contribution in [0.15, 0.2) is 47.6 Å². The van der Waals surface area contributed by atoms with Crippen molar-refractivity contribution in [3.8, 4) is 0 Å². The van der Waals surface area contributed by atoms with E-state index in [9.17, 15) is 0 Å². The van der Waals surface area contributed by atoms with Gasteiger partial charge < -0.3 is 0 Å². The van der Waals surface area contributed by atoms with E-state index in [0.717, 1.165) is 6.42 Å². The molecular weight excluding hydrogens is 192 g/mol. The predicted molar refractivity (Wildman–Crippen MR) is 70.2 cm³/mol. The lowest BCUT2D eigenvalue weighted by atomic mass is 9.88. The summed E-state index contributed by atoms with van der Waals surface area (Å²) in [5, 5.41) is 0. The van der Waals surface area contributed by atoms with Crippen molar-refractivity contribution >= 4 is 0 Å². The fourth-order valence-electron chi connectivity index (χ4n) is 2.36. The molecule has 0 spiro atoms. The molecule has 0 bridgehead atoms. The SMILES string of the molecule is CC1=CC(C)[CH]C(Cc2cccc(C)c2)=C1. The molecular formula is C16H19. The molecule has 0 N–H and O–H groups in total. The zero-order valence-corrected chi connectivity index (χ0v) is 10.3. The molecule has 0 nitrogen and oxygen atoms in total. The number of hydrogen-bond donors (Lipinski definition) is 0. The summed E-state index contributed by atoms with van der Waals surface area (Å²) in [6, 6.07) is 8.77. The van der Waals surface area contributed by atoms with Gasteiger partial charge in [0.1, 0.15) is 0 Å². The second-order valence-corrected chi connectivity index (χ2v) is 4.82. The van der Waals surface area contributed by atoms with Crippen LogP contribution in [-0.2, 0) is 6.42 Å². The Bertz CT molecular complexity index is 435. The van der Waals surface area contributed by atoms with Crippen LogP contribution >= 0.6 is 0 Å². The van der Waals surface area contributed by atoms with Crippen LogP contribution < -0.4 is 0 Å². The van der Waals surface area contributed by atoms with Crippen LogP contribution in [0.25, 0.3) is 0 Å². The molecule has 1 aliphatic rings. The highest BCUT2D eigenvalue weighted by molar-refractivity contribution is 5.38. The van der Waals surface area contributed by atoms with Crippen molar-refractivity contribution in [1.82, 2.24) is 0 Å². The van der Waals surface area contributed by atoms with Gasteiger partial charge in [0.15, 0.2) is 0 Å². The van der Waals surface area contributed by atoms with E-state index in [1.54, 1.807) is 0 Å². The van der Waals surface area contributed by atoms with Crippen molar-refractivity contribution in [2.75, 3.05) is 0 Å². The van der Waals surface area contributed by atoms with Gasteiger partial charge in [-0.3, -0.25) is 0 Å². The lowest BCUT2D eigenvalue weighted by molar-refractivity contribution is 0.828. The summed E-state index contributed by atoms with van der Waals surface area (Å²) in [7, 11) is 0. The van der Waals surface area contributed by atoms with Gasteiger partial charge in [-0.25, -0.2) is 0 Å². The monoisotopic (exact) mass is 211 g/mol. The fraction of sp³-hybridized carbons (Fsp3) is 0.312. The smallest absolute Gasteiger partial charge is 0.00606 e. The number of benzene rings is 1. The summed E-state index contributed by atoms with van der Waals surface area (Å²) in [5.41, 5.74) is 5.58. The molecule has 0 saturated heterocycles. The Labute approximate surface area is 98.7 Å². The minimum atomic E-state index is 0.574. The van der Waals surface area contributed by atoms with Crippen LogP contribution in [0.5, 0.6) is 0 Å². The molecule has 1 radical (unpaired) electrons. The third-order valence-electron chi connectivity index (χ3n) is 2.91. The molecule has 1 unspecified atom stereocenters. The van der Waals surface area contributed by atoms with E-state index in [4.69, 9.17) is 0 Å². The van der Waals surface area contributed by atoms with E-state index in [2.05, 4.69) is 63.6 Å². The van der Waals surface area contributed by atoms with Crippen molar-refractivity contribution < 1.29 is 0 Å². The Kier molecular flexibility index (Phi) is 3.28. The summed E-state index contributed by atoms with van der Waals surface area (Å²) in [6.45, 7) is 6.57. The summed E-state index contributed by atoms with van der Waals surface area (Å²) in [6.07, 6.45) is 8.01. The molecule has 0 heteroatoms. The van der Waals surface area contributed by atoms with Gasteiger partial charge >= 0.3 is 0 Å². The van der Waals surface area contributed by atoms with Crippen LogP contribution in [0, 0.1) is 19.3 Å². The van der Waals surface area contributed by atoms with Crippen LogP contribution in [0.1, 0.15) is 25.0 Å². The summed E-state index contributed by atoms with van der Waals surface area (Å²) < 4.78 is 0. The number of rotatable bonds is 2. The van der Waals surface area contributed by atoms with E-state index in [1.807, 2.05) is 0 Å². The first kappa shape index (κ1) is 11.2. The van der Waals surface area contributed by atoms with Gasteiger partial charge in [0, 0.05) is 0 Å². The van der Waals surface area contributed by atoms with Gasteiger partial charge in [-0.05, 0) is 38.2 Å². The average molecular weight is 211 g/mol. The highest BCUT2D eigenvalue weighted by Crippen LogP contribution is 2.24. The van der Waals surface area contributed by atoms with Crippen LogP contribution in [0.4, 0.5) is 0 Å². The normalized spacial score (nSPS) is 20.3. The quantitative estimate of drug-likeness (QED) is 0.685. The van der Waals surface area contributed by atoms with Crippen molar-refractivity contribution in [2.24, 2.45) is 5.92 Å².